The van der Waals surface area contributed by atoms with Gasteiger partial charge in [-0.15, -0.1) is 0 Å². The topological polar surface area (TPSA) is 30.5 Å². The molecule has 0 amide bonds. The Labute approximate surface area is 112 Å². The summed E-state index contributed by atoms with van der Waals surface area (Å²) in [5.41, 5.74) is 1.25. The van der Waals surface area contributed by atoms with Crippen LogP contribution < -0.4 is 10.1 Å². The number of methoxy groups -OCH3 is 1. The molecule has 0 fully saturated rings. The lowest BCUT2D eigenvalue weighted by atomic mass is 10.2. The van der Waals surface area contributed by atoms with Crippen LogP contribution in [0.2, 0.25) is 0 Å². The number of halogens is 1. The van der Waals surface area contributed by atoms with E-state index in [1.165, 1.54) is 5.56 Å². The third kappa shape index (κ3) is 5.52. The van der Waals surface area contributed by atoms with Gasteiger partial charge in [-0.2, -0.15) is 0 Å². The standard InChI is InChI=1S/C13H20BrNO2/c1-3-17-13-6-5-11(9-12(13)14)10-15-7-4-8-16-2/h5-6,9,15H,3-4,7-8,10H2,1-2H3. The third-order valence-electron chi connectivity index (χ3n) is 2.33. The minimum absolute atomic E-state index is 0.688. The molecule has 0 saturated heterocycles. The van der Waals surface area contributed by atoms with E-state index in [2.05, 4.69) is 33.4 Å². The summed E-state index contributed by atoms with van der Waals surface area (Å²) in [6.07, 6.45) is 1.04. The fourth-order valence-corrected chi connectivity index (χ4v) is 2.04. The second kappa shape index (κ2) is 8.50. The molecule has 96 valence electrons. The highest BCUT2D eigenvalue weighted by Gasteiger charge is 2.01. The van der Waals surface area contributed by atoms with Crippen LogP contribution in [0.3, 0.4) is 0 Å². The van der Waals surface area contributed by atoms with Crippen LogP contribution in [0.15, 0.2) is 22.7 Å². The number of hydrogen-bond acceptors (Lipinski definition) is 3. The molecular formula is C13H20BrNO2. The van der Waals surface area contributed by atoms with Gasteiger partial charge in [0.15, 0.2) is 0 Å². The molecular weight excluding hydrogens is 282 g/mol. The first kappa shape index (κ1) is 14.5. The van der Waals surface area contributed by atoms with Crippen molar-refractivity contribution in [3.05, 3.63) is 28.2 Å². The molecule has 1 aromatic carbocycles. The molecule has 0 bridgehead atoms. The van der Waals surface area contributed by atoms with Crippen molar-refractivity contribution in [3.63, 3.8) is 0 Å². The highest BCUT2D eigenvalue weighted by molar-refractivity contribution is 9.10. The van der Waals surface area contributed by atoms with Crippen molar-refractivity contribution in [1.82, 2.24) is 5.32 Å². The van der Waals surface area contributed by atoms with E-state index in [1.807, 2.05) is 13.0 Å². The second-order valence-electron chi connectivity index (χ2n) is 3.72. The molecule has 17 heavy (non-hydrogen) atoms. The monoisotopic (exact) mass is 301 g/mol. The van der Waals surface area contributed by atoms with E-state index >= 15 is 0 Å². The molecule has 0 radical (unpaired) electrons. The maximum absolute atomic E-state index is 5.47. The van der Waals surface area contributed by atoms with E-state index in [4.69, 9.17) is 9.47 Å². The van der Waals surface area contributed by atoms with E-state index in [9.17, 15) is 0 Å². The molecule has 0 aromatic heterocycles. The summed E-state index contributed by atoms with van der Waals surface area (Å²) in [6.45, 7) is 5.32. The summed E-state index contributed by atoms with van der Waals surface area (Å²) >= 11 is 3.51. The predicted octanol–water partition coefficient (Wildman–Crippen LogP) is 2.97. The van der Waals surface area contributed by atoms with E-state index in [-0.39, 0.29) is 0 Å². The Morgan fingerprint density at radius 3 is 2.82 bits per heavy atom. The van der Waals surface area contributed by atoms with E-state index in [0.29, 0.717) is 6.61 Å². The first-order chi connectivity index (χ1) is 8.27. The summed E-state index contributed by atoms with van der Waals surface area (Å²) < 4.78 is 11.5. The zero-order valence-corrected chi connectivity index (χ0v) is 12.0. The first-order valence-electron chi connectivity index (χ1n) is 5.88. The van der Waals surface area contributed by atoms with Gasteiger partial charge in [0.25, 0.3) is 0 Å². The summed E-state index contributed by atoms with van der Waals surface area (Å²) in [4.78, 5) is 0. The quantitative estimate of drug-likeness (QED) is 0.749. The highest BCUT2D eigenvalue weighted by atomic mass is 79.9. The Kier molecular flexibility index (Phi) is 7.24. The van der Waals surface area contributed by atoms with Crippen LogP contribution in [0.4, 0.5) is 0 Å². The molecule has 0 atom stereocenters. The Morgan fingerprint density at radius 1 is 1.35 bits per heavy atom. The number of benzene rings is 1. The third-order valence-corrected chi connectivity index (χ3v) is 2.95. The van der Waals surface area contributed by atoms with Crippen LogP contribution in [0.25, 0.3) is 0 Å². The Morgan fingerprint density at radius 2 is 2.18 bits per heavy atom. The van der Waals surface area contributed by atoms with Gasteiger partial charge in [0.05, 0.1) is 11.1 Å². The van der Waals surface area contributed by atoms with Crippen molar-refractivity contribution in [2.75, 3.05) is 26.9 Å². The van der Waals surface area contributed by atoms with Crippen LogP contribution in [0.5, 0.6) is 5.75 Å². The van der Waals surface area contributed by atoms with Gasteiger partial charge in [-0.1, -0.05) is 6.07 Å². The van der Waals surface area contributed by atoms with Crippen molar-refractivity contribution in [2.24, 2.45) is 0 Å². The molecule has 0 aliphatic heterocycles. The van der Waals surface area contributed by atoms with Crippen molar-refractivity contribution in [1.29, 1.82) is 0 Å². The Bertz CT molecular complexity index is 331. The summed E-state index contributed by atoms with van der Waals surface area (Å²) in [6, 6.07) is 6.17. The molecule has 1 rings (SSSR count). The smallest absolute Gasteiger partial charge is 0.133 e. The van der Waals surface area contributed by atoms with Gasteiger partial charge in [0.2, 0.25) is 0 Å². The normalized spacial score (nSPS) is 10.5. The molecule has 4 heteroatoms. The number of rotatable bonds is 8. The van der Waals surface area contributed by atoms with Gasteiger partial charge in [0, 0.05) is 20.3 Å². The second-order valence-corrected chi connectivity index (χ2v) is 4.58. The zero-order chi connectivity index (χ0) is 12.5. The van der Waals surface area contributed by atoms with Gasteiger partial charge in [-0.05, 0) is 53.5 Å². The van der Waals surface area contributed by atoms with Crippen LogP contribution >= 0.6 is 15.9 Å². The fourth-order valence-electron chi connectivity index (χ4n) is 1.50. The van der Waals surface area contributed by atoms with Crippen LogP contribution in [-0.4, -0.2) is 26.9 Å². The number of hydrogen-bond donors (Lipinski definition) is 1. The van der Waals surface area contributed by atoms with Gasteiger partial charge in [-0.3, -0.25) is 0 Å². The Hall–Kier alpha value is -0.580. The average Bonchev–Trinajstić information content (AvgIpc) is 2.32. The van der Waals surface area contributed by atoms with Crippen molar-refractivity contribution >= 4 is 15.9 Å². The number of nitrogens with one attached hydrogen (secondary N) is 1. The minimum atomic E-state index is 0.688. The molecule has 1 aromatic rings. The van der Waals surface area contributed by atoms with Crippen molar-refractivity contribution < 1.29 is 9.47 Å². The molecule has 0 saturated carbocycles. The van der Waals surface area contributed by atoms with Crippen molar-refractivity contribution in [3.8, 4) is 5.75 Å². The van der Waals surface area contributed by atoms with Gasteiger partial charge in [0.1, 0.15) is 5.75 Å². The van der Waals surface area contributed by atoms with Crippen LogP contribution in [0.1, 0.15) is 18.9 Å². The Balaban J connectivity index is 2.36. The number of ether oxygens (including phenoxy) is 2. The average molecular weight is 302 g/mol. The van der Waals surface area contributed by atoms with E-state index in [1.54, 1.807) is 7.11 Å². The van der Waals surface area contributed by atoms with Gasteiger partial charge >= 0.3 is 0 Å². The maximum Gasteiger partial charge on any atom is 0.133 e. The van der Waals surface area contributed by atoms with Crippen LogP contribution in [0, 0.1) is 0 Å². The SMILES string of the molecule is CCOc1ccc(CNCCCOC)cc1Br. The lowest BCUT2D eigenvalue weighted by molar-refractivity contribution is 0.194. The van der Waals surface area contributed by atoms with Crippen LogP contribution in [-0.2, 0) is 11.3 Å². The molecule has 0 unspecified atom stereocenters. The largest absolute Gasteiger partial charge is 0.493 e. The minimum Gasteiger partial charge on any atom is -0.493 e. The zero-order valence-electron chi connectivity index (χ0n) is 10.5. The molecule has 0 aliphatic rings. The van der Waals surface area contributed by atoms with Crippen molar-refractivity contribution in [2.45, 2.75) is 19.9 Å². The van der Waals surface area contributed by atoms with E-state index in [0.717, 1.165) is 36.3 Å². The summed E-state index contributed by atoms with van der Waals surface area (Å²) in [5, 5.41) is 3.37. The highest BCUT2D eigenvalue weighted by Crippen LogP contribution is 2.25. The predicted molar refractivity (Wildman–Crippen MR) is 73.5 cm³/mol. The lowest BCUT2D eigenvalue weighted by Crippen LogP contribution is -2.16. The maximum atomic E-state index is 5.47. The fraction of sp³-hybridized carbons (Fsp3) is 0.538. The first-order valence-corrected chi connectivity index (χ1v) is 6.68. The summed E-state index contributed by atoms with van der Waals surface area (Å²) in [5.74, 6) is 0.899. The molecule has 3 nitrogen and oxygen atoms in total. The molecule has 0 heterocycles. The molecule has 0 aliphatic carbocycles. The summed E-state index contributed by atoms with van der Waals surface area (Å²) in [7, 11) is 1.73. The molecule has 1 N–H and O–H groups in total. The van der Waals surface area contributed by atoms with Gasteiger partial charge < -0.3 is 14.8 Å². The lowest BCUT2D eigenvalue weighted by Gasteiger charge is -2.09. The molecule has 0 spiro atoms. The van der Waals surface area contributed by atoms with E-state index < -0.39 is 0 Å². The van der Waals surface area contributed by atoms with Gasteiger partial charge in [-0.25, -0.2) is 0 Å².